The van der Waals surface area contributed by atoms with E-state index in [-0.39, 0.29) is 10.8 Å². The third-order valence-electron chi connectivity index (χ3n) is 2.83. The molecular formula is C13H20N2O3S. The van der Waals surface area contributed by atoms with Gasteiger partial charge in [-0.2, -0.15) is 0 Å². The van der Waals surface area contributed by atoms with Crippen molar-refractivity contribution in [3.63, 3.8) is 0 Å². The molecule has 1 amide bonds. The third kappa shape index (κ3) is 5.00. The van der Waals surface area contributed by atoms with Gasteiger partial charge in [0.2, 0.25) is 15.9 Å². The maximum atomic E-state index is 11.9. The molecule has 106 valence electrons. The first kappa shape index (κ1) is 15.7. The van der Waals surface area contributed by atoms with Gasteiger partial charge in [-0.05, 0) is 25.5 Å². The van der Waals surface area contributed by atoms with Crippen LogP contribution in [0.3, 0.4) is 0 Å². The normalized spacial score (nSPS) is 11.3. The van der Waals surface area contributed by atoms with Gasteiger partial charge in [0, 0.05) is 27.1 Å². The van der Waals surface area contributed by atoms with Gasteiger partial charge < -0.3 is 4.90 Å². The van der Waals surface area contributed by atoms with Crippen LogP contribution in [0.25, 0.3) is 0 Å². The zero-order chi connectivity index (χ0) is 14.5. The Balaban J connectivity index is 2.48. The van der Waals surface area contributed by atoms with Crippen LogP contribution >= 0.6 is 0 Å². The molecule has 0 radical (unpaired) electrons. The van der Waals surface area contributed by atoms with Crippen LogP contribution in [0.15, 0.2) is 29.2 Å². The number of benzene rings is 1. The highest BCUT2D eigenvalue weighted by Crippen LogP contribution is 2.09. The van der Waals surface area contributed by atoms with Crippen molar-refractivity contribution in [3.05, 3.63) is 29.8 Å². The number of hydrogen-bond donors (Lipinski definition) is 1. The van der Waals surface area contributed by atoms with Crippen molar-refractivity contribution in [1.29, 1.82) is 0 Å². The molecule has 0 aromatic heterocycles. The molecule has 0 fully saturated rings. The predicted molar refractivity (Wildman–Crippen MR) is 74.3 cm³/mol. The molecule has 1 aromatic rings. The molecule has 1 N–H and O–H groups in total. The number of nitrogens with one attached hydrogen (secondary N) is 1. The summed E-state index contributed by atoms with van der Waals surface area (Å²) in [5, 5.41) is 0. The predicted octanol–water partition coefficient (Wildman–Crippen LogP) is 1.14. The zero-order valence-electron chi connectivity index (χ0n) is 11.5. The molecule has 0 bridgehead atoms. The summed E-state index contributed by atoms with van der Waals surface area (Å²) in [6, 6.07) is 6.69. The van der Waals surface area contributed by atoms with Crippen LogP contribution < -0.4 is 4.72 Å². The lowest BCUT2D eigenvalue weighted by Gasteiger charge is -2.14. The third-order valence-corrected chi connectivity index (χ3v) is 4.31. The Hall–Kier alpha value is -1.40. The summed E-state index contributed by atoms with van der Waals surface area (Å²) in [6.07, 6.45) is 0.584. The van der Waals surface area contributed by atoms with E-state index in [1.807, 2.05) is 6.92 Å². The summed E-state index contributed by atoms with van der Waals surface area (Å²) in [7, 11) is -1.76. The zero-order valence-corrected chi connectivity index (χ0v) is 12.3. The molecule has 6 heteroatoms. The van der Waals surface area contributed by atoms with Crippen LogP contribution in [-0.2, 0) is 14.8 Å². The highest BCUT2D eigenvalue weighted by atomic mass is 32.2. The fraction of sp³-hybridized carbons (Fsp3) is 0.462. The summed E-state index contributed by atoms with van der Waals surface area (Å²) in [4.78, 5) is 12.8. The number of carbonyl (C=O) groups excluding carboxylic acids is 1. The van der Waals surface area contributed by atoms with Gasteiger partial charge in [0.1, 0.15) is 0 Å². The van der Waals surface area contributed by atoms with Gasteiger partial charge in [-0.3, -0.25) is 4.79 Å². The maximum Gasteiger partial charge on any atom is 0.240 e. The van der Waals surface area contributed by atoms with Crippen LogP contribution in [0.2, 0.25) is 0 Å². The molecule has 0 heterocycles. The second-order valence-corrected chi connectivity index (χ2v) is 6.27. The van der Waals surface area contributed by atoms with E-state index in [9.17, 15) is 13.2 Å². The van der Waals surface area contributed by atoms with Crippen molar-refractivity contribution in [3.8, 4) is 0 Å². The minimum absolute atomic E-state index is 0.0265. The van der Waals surface area contributed by atoms with E-state index in [1.54, 1.807) is 36.2 Å². The summed E-state index contributed by atoms with van der Waals surface area (Å²) < 4.78 is 26.4. The van der Waals surface area contributed by atoms with Gasteiger partial charge in [-0.15, -0.1) is 0 Å². The van der Waals surface area contributed by atoms with Gasteiger partial charge in [-0.1, -0.05) is 17.7 Å². The Kier molecular flexibility index (Phi) is 5.50. The molecule has 0 spiro atoms. The van der Waals surface area contributed by atoms with Crippen molar-refractivity contribution in [2.45, 2.75) is 25.2 Å². The molecule has 0 saturated carbocycles. The molecule has 1 rings (SSSR count). The van der Waals surface area contributed by atoms with Crippen LogP contribution in [0, 0.1) is 6.92 Å². The Morgan fingerprint density at radius 1 is 1.26 bits per heavy atom. The van der Waals surface area contributed by atoms with Crippen molar-refractivity contribution < 1.29 is 13.2 Å². The van der Waals surface area contributed by atoms with Gasteiger partial charge >= 0.3 is 0 Å². The quantitative estimate of drug-likeness (QED) is 0.797. The van der Waals surface area contributed by atoms with E-state index in [0.29, 0.717) is 19.5 Å². The number of rotatable bonds is 6. The highest BCUT2D eigenvalue weighted by molar-refractivity contribution is 7.89. The molecule has 0 saturated heterocycles. The standard InChI is InChI=1S/C13H20N2O3S/c1-11-5-7-13(8-6-11)19(17,18)14-9-4-10-15(3)12(2)16/h5-8,14H,4,9-10H2,1-3H3. The lowest BCUT2D eigenvalue weighted by Crippen LogP contribution is -2.30. The van der Waals surface area contributed by atoms with Crippen molar-refractivity contribution in [1.82, 2.24) is 9.62 Å². The Labute approximate surface area is 114 Å². The lowest BCUT2D eigenvalue weighted by molar-refractivity contribution is -0.127. The molecule has 1 aromatic carbocycles. The summed E-state index contributed by atoms with van der Waals surface area (Å²) in [6.45, 7) is 4.23. The average Bonchev–Trinajstić information content (AvgIpc) is 2.34. The maximum absolute atomic E-state index is 11.9. The molecule has 0 unspecified atom stereocenters. The fourth-order valence-electron chi connectivity index (χ4n) is 1.48. The van der Waals surface area contributed by atoms with Gasteiger partial charge in [0.05, 0.1) is 4.90 Å². The van der Waals surface area contributed by atoms with Crippen LogP contribution in [0.4, 0.5) is 0 Å². The van der Waals surface area contributed by atoms with Crippen LogP contribution in [0.1, 0.15) is 18.9 Å². The molecule has 0 atom stereocenters. The first-order chi connectivity index (χ1) is 8.83. The van der Waals surface area contributed by atoms with Gasteiger partial charge in [-0.25, -0.2) is 13.1 Å². The van der Waals surface area contributed by atoms with E-state index in [4.69, 9.17) is 0 Å². The van der Waals surface area contributed by atoms with Crippen molar-refractivity contribution in [2.75, 3.05) is 20.1 Å². The first-order valence-corrected chi connectivity index (χ1v) is 7.59. The average molecular weight is 284 g/mol. The van der Waals surface area contributed by atoms with Crippen molar-refractivity contribution >= 4 is 15.9 Å². The second kappa shape index (κ2) is 6.68. The van der Waals surface area contributed by atoms with Crippen molar-refractivity contribution in [2.24, 2.45) is 0 Å². The molecular weight excluding hydrogens is 264 g/mol. The van der Waals surface area contributed by atoms with E-state index in [2.05, 4.69) is 4.72 Å². The smallest absolute Gasteiger partial charge is 0.240 e. The highest BCUT2D eigenvalue weighted by Gasteiger charge is 2.12. The minimum atomic E-state index is -3.45. The van der Waals surface area contributed by atoms with E-state index in [1.165, 1.54) is 6.92 Å². The number of sulfonamides is 1. The number of nitrogens with zero attached hydrogens (tertiary/aromatic N) is 1. The van der Waals surface area contributed by atoms with E-state index < -0.39 is 10.0 Å². The minimum Gasteiger partial charge on any atom is -0.346 e. The summed E-state index contributed by atoms with van der Waals surface area (Å²) >= 11 is 0. The topological polar surface area (TPSA) is 66.5 Å². The lowest BCUT2D eigenvalue weighted by atomic mass is 10.2. The summed E-state index contributed by atoms with van der Waals surface area (Å²) in [5.74, 6) is -0.0265. The SMILES string of the molecule is CC(=O)N(C)CCCNS(=O)(=O)c1ccc(C)cc1. The molecule has 0 aliphatic heterocycles. The summed E-state index contributed by atoms with van der Waals surface area (Å²) in [5.41, 5.74) is 1.02. The second-order valence-electron chi connectivity index (χ2n) is 4.50. The van der Waals surface area contributed by atoms with Gasteiger partial charge in [0.15, 0.2) is 0 Å². The Morgan fingerprint density at radius 2 is 1.84 bits per heavy atom. The molecule has 0 aliphatic carbocycles. The Morgan fingerprint density at radius 3 is 2.37 bits per heavy atom. The molecule has 19 heavy (non-hydrogen) atoms. The fourth-order valence-corrected chi connectivity index (χ4v) is 2.56. The largest absolute Gasteiger partial charge is 0.346 e. The number of carbonyl (C=O) groups is 1. The first-order valence-electron chi connectivity index (χ1n) is 6.11. The van der Waals surface area contributed by atoms with Crippen LogP contribution in [0.5, 0.6) is 0 Å². The van der Waals surface area contributed by atoms with E-state index in [0.717, 1.165) is 5.56 Å². The van der Waals surface area contributed by atoms with E-state index >= 15 is 0 Å². The Bertz CT molecular complexity index is 523. The molecule has 5 nitrogen and oxygen atoms in total. The van der Waals surface area contributed by atoms with Crippen LogP contribution in [-0.4, -0.2) is 39.4 Å². The number of aryl methyl sites for hydroxylation is 1. The van der Waals surface area contributed by atoms with Gasteiger partial charge in [0.25, 0.3) is 0 Å². The monoisotopic (exact) mass is 284 g/mol. The number of amides is 1. The molecule has 0 aliphatic rings. The number of hydrogen-bond acceptors (Lipinski definition) is 3.